The van der Waals surface area contributed by atoms with Crippen molar-refractivity contribution in [2.24, 2.45) is 5.73 Å². The number of nitrogens with one attached hydrogen (secondary N) is 2. The summed E-state index contributed by atoms with van der Waals surface area (Å²) in [6.07, 6.45) is -1.76. The van der Waals surface area contributed by atoms with Gasteiger partial charge < -0.3 is 21.1 Å². The zero-order valence-corrected chi connectivity index (χ0v) is 15.6. The number of hydrogen-bond acceptors (Lipinski definition) is 6. The fourth-order valence-corrected chi connectivity index (χ4v) is 3.70. The third-order valence-electron chi connectivity index (χ3n) is 5.04. The smallest absolute Gasteiger partial charge is 0.406 e. The largest absolute Gasteiger partial charge is 0.573 e. The maximum atomic E-state index is 12.4. The van der Waals surface area contributed by atoms with Gasteiger partial charge in [-0.25, -0.2) is 9.97 Å². The number of halogens is 3. The number of hydrogen-bond donors (Lipinski definition) is 3. The molecule has 0 saturated carbocycles. The van der Waals surface area contributed by atoms with E-state index in [0.29, 0.717) is 29.6 Å². The Morgan fingerprint density at radius 1 is 1.17 bits per heavy atom. The van der Waals surface area contributed by atoms with Crippen LogP contribution in [0.2, 0.25) is 0 Å². The number of alkyl halides is 3. The SMILES string of the molecule is NC(=O)c1ccc(NC2CNC[C@@H]2c2ccc(OC(F)(F)F)cc2)c2cncnc12. The van der Waals surface area contributed by atoms with Crippen LogP contribution in [0.3, 0.4) is 0 Å². The Labute approximate surface area is 169 Å². The predicted molar refractivity (Wildman–Crippen MR) is 104 cm³/mol. The fourth-order valence-electron chi connectivity index (χ4n) is 3.70. The Hall–Kier alpha value is -3.40. The number of carbonyl (C=O) groups is 1. The summed E-state index contributed by atoms with van der Waals surface area (Å²) in [5, 5.41) is 7.40. The van der Waals surface area contributed by atoms with Crippen LogP contribution in [0.1, 0.15) is 21.8 Å². The van der Waals surface area contributed by atoms with Crippen LogP contribution < -0.4 is 21.1 Å². The summed E-state index contributed by atoms with van der Waals surface area (Å²) in [5.74, 6) is -0.820. The van der Waals surface area contributed by atoms with Crippen molar-refractivity contribution in [3.05, 3.63) is 60.0 Å². The summed E-state index contributed by atoms with van der Waals surface area (Å²) in [6, 6.07) is 9.20. The molecule has 0 radical (unpaired) electrons. The average molecular weight is 417 g/mol. The molecule has 7 nitrogen and oxygen atoms in total. The molecule has 4 rings (SSSR count). The minimum Gasteiger partial charge on any atom is -0.406 e. The van der Waals surface area contributed by atoms with Crippen LogP contribution in [0.25, 0.3) is 10.9 Å². The van der Waals surface area contributed by atoms with Crippen molar-refractivity contribution in [3.8, 4) is 5.75 Å². The first-order chi connectivity index (χ1) is 14.3. The second-order valence-corrected chi connectivity index (χ2v) is 6.94. The molecule has 4 N–H and O–H groups in total. The highest BCUT2D eigenvalue weighted by atomic mass is 19.4. The van der Waals surface area contributed by atoms with Crippen LogP contribution in [0.15, 0.2) is 48.9 Å². The molecule has 2 atom stereocenters. The number of anilines is 1. The number of aromatic nitrogens is 2. The van der Waals surface area contributed by atoms with Gasteiger partial charge in [0.2, 0.25) is 0 Å². The van der Waals surface area contributed by atoms with Gasteiger partial charge >= 0.3 is 6.36 Å². The molecule has 1 unspecified atom stereocenters. The van der Waals surface area contributed by atoms with Crippen molar-refractivity contribution in [1.82, 2.24) is 15.3 Å². The van der Waals surface area contributed by atoms with Crippen molar-refractivity contribution in [1.29, 1.82) is 0 Å². The molecule has 1 amide bonds. The lowest BCUT2D eigenvalue weighted by Crippen LogP contribution is -2.27. The van der Waals surface area contributed by atoms with Crippen molar-refractivity contribution >= 4 is 22.5 Å². The average Bonchev–Trinajstić information content (AvgIpc) is 3.15. The molecule has 1 saturated heterocycles. The zero-order valence-electron chi connectivity index (χ0n) is 15.6. The van der Waals surface area contributed by atoms with Gasteiger partial charge in [-0.3, -0.25) is 4.79 Å². The van der Waals surface area contributed by atoms with Crippen LogP contribution in [0.4, 0.5) is 18.9 Å². The number of benzene rings is 2. The van der Waals surface area contributed by atoms with Crippen LogP contribution in [-0.2, 0) is 0 Å². The summed E-state index contributed by atoms with van der Waals surface area (Å²) in [7, 11) is 0. The van der Waals surface area contributed by atoms with E-state index in [0.717, 1.165) is 11.3 Å². The van der Waals surface area contributed by atoms with Crippen molar-refractivity contribution in [2.75, 3.05) is 18.4 Å². The van der Waals surface area contributed by atoms with Gasteiger partial charge in [-0.15, -0.1) is 13.2 Å². The van der Waals surface area contributed by atoms with Crippen LogP contribution in [0, 0.1) is 0 Å². The van der Waals surface area contributed by atoms with Crippen LogP contribution >= 0.6 is 0 Å². The van der Waals surface area contributed by atoms with Crippen molar-refractivity contribution in [2.45, 2.75) is 18.3 Å². The standard InChI is InChI=1S/C20H18F3N5O2/c21-20(22,23)30-12-3-1-11(2-4-12)14-7-25-9-17(14)28-16-6-5-13(19(24)29)18-15(16)8-26-10-27-18/h1-6,8,10,14,17,25,28H,7,9H2,(H2,24,29)/t14-,17?/m1/s1. The Morgan fingerprint density at radius 3 is 2.63 bits per heavy atom. The van der Waals surface area contributed by atoms with Crippen molar-refractivity contribution < 1.29 is 22.7 Å². The lowest BCUT2D eigenvalue weighted by Gasteiger charge is -2.23. The van der Waals surface area contributed by atoms with Gasteiger partial charge in [0.15, 0.2) is 0 Å². The summed E-state index contributed by atoms with van der Waals surface area (Å²) >= 11 is 0. The van der Waals surface area contributed by atoms with Gasteiger partial charge in [-0.2, -0.15) is 0 Å². The van der Waals surface area contributed by atoms with E-state index in [1.807, 2.05) is 0 Å². The van der Waals surface area contributed by atoms with E-state index in [4.69, 9.17) is 5.73 Å². The molecular weight excluding hydrogens is 399 g/mol. The van der Waals surface area contributed by atoms with Gasteiger partial charge in [0.05, 0.1) is 11.1 Å². The molecule has 0 spiro atoms. The highest BCUT2D eigenvalue weighted by Gasteiger charge is 2.32. The Morgan fingerprint density at radius 2 is 1.93 bits per heavy atom. The molecule has 0 bridgehead atoms. The maximum absolute atomic E-state index is 12.4. The number of amides is 1. The monoisotopic (exact) mass is 417 g/mol. The van der Waals surface area contributed by atoms with E-state index in [-0.39, 0.29) is 17.7 Å². The van der Waals surface area contributed by atoms with Gasteiger partial charge in [0.25, 0.3) is 5.91 Å². The second kappa shape index (κ2) is 7.79. The quantitative estimate of drug-likeness (QED) is 0.590. The number of fused-ring (bicyclic) bond motifs is 1. The summed E-state index contributed by atoms with van der Waals surface area (Å²) < 4.78 is 41.1. The lowest BCUT2D eigenvalue weighted by molar-refractivity contribution is -0.274. The fraction of sp³-hybridized carbons (Fsp3) is 0.250. The van der Waals surface area contributed by atoms with Crippen LogP contribution in [-0.4, -0.2) is 41.4 Å². The van der Waals surface area contributed by atoms with E-state index < -0.39 is 12.3 Å². The number of ether oxygens (including phenoxy) is 1. The molecule has 3 aromatic rings. The zero-order chi connectivity index (χ0) is 21.3. The number of nitrogens with zero attached hydrogens (tertiary/aromatic N) is 2. The first-order valence-corrected chi connectivity index (χ1v) is 9.17. The molecule has 1 aromatic heterocycles. The minimum absolute atomic E-state index is 0.0143. The Bertz CT molecular complexity index is 1070. The number of primary amides is 1. The normalized spacial score (nSPS) is 19.0. The molecule has 156 valence electrons. The van der Waals surface area contributed by atoms with Crippen LogP contribution in [0.5, 0.6) is 5.75 Å². The Kier molecular flexibility index (Phi) is 5.17. The van der Waals surface area contributed by atoms with E-state index in [9.17, 15) is 18.0 Å². The molecule has 1 fully saturated rings. The number of rotatable bonds is 5. The first kappa shape index (κ1) is 19.9. The molecule has 0 aliphatic carbocycles. The number of carbonyl (C=O) groups excluding carboxylic acids is 1. The third kappa shape index (κ3) is 4.13. The molecule has 1 aliphatic rings. The van der Waals surface area contributed by atoms with E-state index in [1.165, 1.54) is 18.5 Å². The maximum Gasteiger partial charge on any atom is 0.573 e. The second-order valence-electron chi connectivity index (χ2n) is 6.94. The van der Waals surface area contributed by atoms with E-state index >= 15 is 0 Å². The predicted octanol–water partition coefficient (Wildman–Crippen LogP) is 2.79. The molecule has 30 heavy (non-hydrogen) atoms. The summed E-state index contributed by atoms with van der Waals surface area (Å²) in [6.45, 7) is 1.31. The first-order valence-electron chi connectivity index (χ1n) is 9.17. The van der Waals surface area contributed by atoms with Gasteiger partial charge in [-0.1, -0.05) is 12.1 Å². The minimum atomic E-state index is -4.72. The summed E-state index contributed by atoms with van der Waals surface area (Å²) in [5.41, 5.74) is 7.81. The Balaban J connectivity index is 1.58. The molecule has 10 heteroatoms. The molecule has 1 aliphatic heterocycles. The lowest BCUT2D eigenvalue weighted by atomic mass is 9.93. The topological polar surface area (TPSA) is 102 Å². The van der Waals surface area contributed by atoms with Gasteiger partial charge in [0, 0.05) is 42.3 Å². The van der Waals surface area contributed by atoms with Gasteiger partial charge in [0.1, 0.15) is 12.1 Å². The van der Waals surface area contributed by atoms with Gasteiger partial charge in [-0.05, 0) is 29.8 Å². The number of nitrogens with two attached hydrogens (primary N) is 1. The molecule has 2 aromatic carbocycles. The van der Waals surface area contributed by atoms with Crippen molar-refractivity contribution in [3.63, 3.8) is 0 Å². The highest BCUT2D eigenvalue weighted by Crippen LogP contribution is 2.31. The van der Waals surface area contributed by atoms with E-state index in [1.54, 1.807) is 30.5 Å². The van der Waals surface area contributed by atoms with E-state index in [2.05, 4.69) is 25.3 Å². The summed E-state index contributed by atoms with van der Waals surface area (Å²) in [4.78, 5) is 19.9. The molecular formula is C20H18F3N5O2. The molecule has 2 heterocycles. The highest BCUT2D eigenvalue weighted by molar-refractivity contribution is 6.07. The third-order valence-corrected chi connectivity index (χ3v) is 5.04.